The normalized spacial score (nSPS) is 11.5. The first-order valence-electron chi connectivity index (χ1n) is 17.2. The Morgan fingerprint density at radius 2 is 0.843 bits per heavy atom. The second-order valence-corrected chi connectivity index (χ2v) is 12.9. The fourth-order valence-electron chi connectivity index (χ4n) is 7.39. The van der Waals surface area contributed by atoms with Crippen molar-refractivity contribution in [2.45, 2.75) is 0 Å². The SMILES string of the molecule is c1ccc(-c2ccc(-c3nc(-c4ccccc4)nc(-c4cccc(-n5c6ccc7ccccc7c6c6ccc7ccccc7c65)c4)n3)cc2)cc1. The maximum atomic E-state index is 5.11. The number of benzene rings is 8. The highest BCUT2D eigenvalue weighted by Crippen LogP contribution is 2.40. The third-order valence-corrected chi connectivity index (χ3v) is 9.82. The predicted molar refractivity (Wildman–Crippen MR) is 211 cm³/mol. The predicted octanol–water partition coefficient (Wildman–Crippen LogP) is 11.9. The number of rotatable bonds is 5. The maximum Gasteiger partial charge on any atom is 0.164 e. The van der Waals surface area contributed by atoms with Crippen LogP contribution in [0.2, 0.25) is 0 Å². The lowest BCUT2D eigenvalue weighted by Gasteiger charge is -2.13. The van der Waals surface area contributed by atoms with E-state index in [0.29, 0.717) is 17.5 Å². The van der Waals surface area contributed by atoms with E-state index < -0.39 is 0 Å². The molecule has 0 saturated carbocycles. The molecule has 2 aromatic heterocycles. The molecule has 0 atom stereocenters. The quantitative estimate of drug-likeness (QED) is 0.186. The van der Waals surface area contributed by atoms with Crippen LogP contribution in [0.25, 0.3) is 94.3 Å². The van der Waals surface area contributed by atoms with Crippen LogP contribution in [0.15, 0.2) is 182 Å². The van der Waals surface area contributed by atoms with Gasteiger partial charge in [-0.3, -0.25) is 0 Å². The molecule has 0 radical (unpaired) electrons. The Balaban J connectivity index is 1.18. The number of fused-ring (bicyclic) bond motifs is 7. The summed E-state index contributed by atoms with van der Waals surface area (Å²) in [6.07, 6.45) is 0. The van der Waals surface area contributed by atoms with E-state index in [1.165, 1.54) is 43.4 Å². The van der Waals surface area contributed by atoms with E-state index in [2.05, 4.69) is 150 Å². The van der Waals surface area contributed by atoms with Gasteiger partial charge in [-0.1, -0.05) is 164 Å². The molecule has 8 aromatic carbocycles. The van der Waals surface area contributed by atoms with Gasteiger partial charge in [0, 0.05) is 38.5 Å². The van der Waals surface area contributed by atoms with Gasteiger partial charge in [-0.05, 0) is 45.5 Å². The molecule has 0 amide bonds. The molecule has 10 rings (SSSR count). The van der Waals surface area contributed by atoms with Crippen LogP contribution in [0.5, 0.6) is 0 Å². The van der Waals surface area contributed by atoms with Crippen molar-refractivity contribution < 1.29 is 0 Å². The highest BCUT2D eigenvalue weighted by Gasteiger charge is 2.19. The third kappa shape index (κ3) is 4.96. The molecule has 0 aliphatic carbocycles. The average Bonchev–Trinajstić information content (AvgIpc) is 3.57. The summed E-state index contributed by atoms with van der Waals surface area (Å²) in [6, 6.07) is 63.9. The zero-order valence-electron chi connectivity index (χ0n) is 27.6. The minimum Gasteiger partial charge on any atom is -0.309 e. The fraction of sp³-hybridized carbons (Fsp3) is 0. The van der Waals surface area contributed by atoms with Gasteiger partial charge in [0.15, 0.2) is 17.5 Å². The summed E-state index contributed by atoms with van der Waals surface area (Å²) in [4.78, 5) is 15.2. The highest BCUT2D eigenvalue weighted by atomic mass is 15.0. The van der Waals surface area contributed by atoms with Crippen LogP contribution in [0.3, 0.4) is 0 Å². The zero-order valence-corrected chi connectivity index (χ0v) is 27.6. The van der Waals surface area contributed by atoms with Crippen molar-refractivity contribution in [1.82, 2.24) is 19.5 Å². The summed E-state index contributed by atoms with van der Waals surface area (Å²) >= 11 is 0. The van der Waals surface area contributed by atoms with Crippen molar-refractivity contribution in [3.8, 4) is 51.0 Å². The molecule has 0 unspecified atom stereocenters. The van der Waals surface area contributed by atoms with E-state index in [0.717, 1.165) is 33.5 Å². The van der Waals surface area contributed by atoms with E-state index in [4.69, 9.17) is 15.0 Å². The molecule has 238 valence electrons. The van der Waals surface area contributed by atoms with Crippen molar-refractivity contribution in [3.63, 3.8) is 0 Å². The van der Waals surface area contributed by atoms with Crippen LogP contribution < -0.4 is 0 Å². The van der Waals surface area contributed by atoms with Crippen LogP contribution in [0.4, 0.5) is 0 Å². The highest BCUT2D eigenvalue weighted by molar-refractivity contribution is 6.25. The summed E-state index contributed by atoms with van der Waals surface area (Å²) in [5, 5.41) is 7.40. The summed E-state index contributed by atoms with van der Waals surface area (Å²) in [5.41, 5.74) is 8.53. The Morgan fingerprint density at radius 3 is 1.57 bits per heavy atom. The fourth-order valence-corrected chi connectivity index (χ4v) is 7.39. The van der Waals surface area contributed by atoms with Crippen LogP contribution >= 0.6 is 0 Å². The number of hydrogen-bond acceptors (Lipinski definition) is 3. The molecule has 0 fully saturated rings. The van der Waals surface area contributed by atoms with Crippen molar-refractivity contribution in [3.05, 3.63) is 182 Å². The summed E-state index contributed by atoms with van der Waals surface area (Å²) in [5.74, 6) is 1.91. The molecule has 0 bridgehead atoms. The smallest absolute Gasteiger partial charge is 0.164 e. The molecular weight excluding hydrogens is 621 g/mol. The van der Waals surface area contributed by atoms with Crippen molar-refractivity contribution in [2.24, 2.45) is 0 Å². The largest absolute Gasteiger partial charge is 0.309 e. The summed E-state index contributed by atoms with van der Waals surface area (Å²) < 4.78 is 2.41. The van der Waals surface area contributed by atoms with Gasteiger partial charge in [-0.15, -0.1) is 0 Å². The molecule has 0 aliphatic heterocycles. The molecule has 4 nitrogen and oxygen atoms in total. The molecular formula is C47H30N4. The van der Waals surface area contributed by atoms with Gasteiger partial charge in [0.2, 0.25) is 0 Å². The first-order chi connectivity index (χ1) is 25.3. The van der Waals surface area contributed by atoms with Gasteiger partial charge in [0.25, 0.3) is 0 Å². The molecule has 4 heteroatoms. The van der Waals surface area contributed by atoms with E-state index in [1.54, 1.807) is 0 Å². The Bertz CT molecular complexity index is 2890. The first kappa shape index (κ1) is 29.0. The summed E-state index contributed by atoms with van der Waals surface area (Å²) in [7, 11) is 0. The minimum absolute atomic E-state index is 0.629. The van der Waals surface area contributed by atoms with Gasteiger partial charge < -0.3 is 4.57 Å². The number of aromatic nitrogens is 4. The average molecular weight is 651 g/mol. The van der Waals surface area contributed by atoms with E-state index in [-0.39, 0.29) is 0 Å². The lowest BCUT2D eigenvalue weighted by Crippen LogP contribution is -2.01. The van der Waals surface area contributed by atoms with Gasteiger partial charge in [0.1, 0.15) is 0 Å². The second-order valence-electron chi connectivity index (χ2n) is 12.9. The van der Waals surface area contributed by atoms with Gasteiger partial charge >= 0.3 is 0 Å². The standard InChI is InChI=1S/C47H30N4/c1-3-12-31(13-4-1)32-22-24-36(25-23-32)46-48-45(35-16-5-2-6-17-35)49-47(50-46)37-18-11-19-38(30-37)51-42-29-27-33-14-7-9-20-39(33)43(42)41-28-26-34-15-8-10-21-40(34)44(41)51/h1-30H. The molecule has 10 aromatic rings. The number of nitrogens with zero attached hydrogens (tertiary/aromatic N) is 4. The van der Waals surface area contributed by atoms with E-state index in [1.807, 2.05) is 36.4 Å². The van der Waals surface area contributed by atoms with Gasteiger partial charge in [0.05, 0.1) is 11.0 Å². The lowest BCUT2D eigenvalue weighted by atomic mass is 10.0. The number of hydrogen-bond donors (Lipinski definition) is 0. The maximum absolute atomic E-state index is 5.11. The molecule has 0 spiro atoms. The molecule has 0 aliphatic rings. The first-order valence-corrected chi connectivity index (χ1v) is 17.2. The van der Waals surface area contributed by atoms with Crippen LogP contribution in [-0.4, -0.2) is 19.5 Å². The second kappa shape index (κ2) is 11.9. The lowest BCUT2D eigenvalue weighted by molar-refractivity contribution is 1.07. The van der Waals surface area contributed by atoms with Crippen LogP contribution in [-0.2, 0) is 0 Å². The Kier molecular flexibility index (Phi) is 6.78. The van der Waals surface area contributed by atoms with Crippen molar-refractivity contribution >= 4 is 43.4 Å². The molecule has 0 N–H and O–H groups in total. The van der Waals surface area contributed by atoms with E-state index in [9.17, 15) is 0 Å². The molecule has 51 heavy (non-hydrogen) atoms. The minimum atomic E-state index is 0.629. The third-order valence-electron chi connectivity index (χ3n) is 9.82. The Morgan fingerprint density at radius 1 is 0.333 bits per heavy atom. The van der Waals surface area contributed by atoms with Crippen LogP contribution in [0, 0.1) is 0 Å². The Labute approximate surface area is 295 Å². The van der Waals surface area contributed by atoms with E-state index >= 15 is 0 Å². The monoisotopic (exact) mass is 650 g/mol. The van der Waals surface area contributed by atoms with Crippen LogP contribution in [0.1, 0.15) is 0 Å². The van der Waals surface area contributed by atoms with Gasteiger partial charge in [-0.2, -0.15) is 0 Å². The van der Waals surface area contributed by atoms with Crippen molar-refractivity contribution in [2.75, 3.05) is 0 Å². The van der Waals surface area contributed by atoms with Crippen molar-refractivity contribution in [1.29, 1.82) is 0 Å². The van der Waals surface area contributed by atoms with Gasteiger partial charge in [-0.25, -0.2) is 15.0 Å². The summed E-state index contributed by atoms with van der Waals surface area (Å²) in [6.45, 7) is 0. The topological polar surface area (TPSA) is 43.6 Å². The zero-order chi connectivity index (χ0) is 33.7. The molecule has 0 saturated heterocycles. The Hall–Kier alpha value is -6.91. The molecule has 2 heterocycles.